The van der Waals surface area contributed by atoms with Crippen LogP contribution in [-0.4, -0.2) is 11.2 Å². The number of H-pyrrole nitrogens is 1. The first-order valence-corrected chi connectivity index (χ1v) is 7.47. The molecule has 106 valence electrons. The van der Waals surface area contributed by atoms with Gasteiger partial charge in [-0.1, -0.05) is 41.9 Å². The minimum absolute atomic E-state index is 0.734. The lowest BCUT2D eigenvalue weighted by Crippen LogP contribution is -1.79. The van der Waals surface area contributed by atoms with Gasteiger partial charge in [-0.05, 0) is 42.0 Å². The van der Waals surface area contributed by atoms with Gasteiger partial charge in [0, 0.05) is 33.0 Å². The van der Waals surface area contributed by atoms with Gasteiger partial charge in [-0.3, -0.25) is 4.99 Å². The van der Waals surface area contributed by atoms with Gasteiger partial charge in [-0.2, -0.15) is 0 Å². The van der Waals surface area contributed by atoms with Crippen molar-refractivity contribution in [3.05, 3.63) is 77.3 Å². The van der Waals surface area contributed by atoms with E-state index in [0.717, 1.165) is 27.3 Å². The number of benzene rings is 3. The minimum atomic E-state index is 0.734. The van der Waals surface area contributed by atoms with E-state index in [2.05, 4.69) is 40.3 Å². The van der Waals surface area contributed by atoms with E-state index >= 15 is 0 Å². The lowest BCUT2D eigenvalue weighted by atomic mass is 10.1. The Labute approximate surface area is 133 Å². The van der Waals surface area contributed by atoms with Crippen LogP contribution in [0.3, 0.4) is 0 Å². The molecule has 0 spiro atoms. The average molecular weight is 305 g/mol. The first kappa shape index (κ1) is 13.1. The molecule has 3 heteroatoms. The predicted octanol–water partition coefficient (Wildman–Crippen LogP) is 5.73. The molecule has 0 bridgehead atoms. The average Bonchev–Trinajstić information content (AvgIpc) is 2.92. The van der Waals surface area contributed by atoms with Crippen LogP contribution < -0.4 is 0 Å². The molecule has 0 amide bonds. The van der Waals surface area contributed by atoms with Crippen LogP contribution in [0.15, 0.2) is 71.7 Å². The highest BCUT2D eigenvalue weighted by Gasteiger charge is 2.03. The van der Waals surface area contributed by atoms with Crippen molar-refractivity contribution in [1.29, 1.82) is 0 Å². The number of hydrogen-bond donors (Lipinski definition) is 1. The molecule has 4 aromatic rings. The Morgan fingerprint density at radius 2 is 1.59 bits per heavy atom. The van der Waals surface area contributed by atoms with Gasteiger partial charge in [-0.15, -0.1) is 0 Å². The first-order chi connectivity index (χ1) is 10.8. The molecule has 3 aromatic carbocycles. The molecule has 1 aromatic heterocycles. The molecule has 0 saturated carbocycles. The molecule has 22 heavy (non-hydrogen) atoms. The van der Waals surface area contributed by atoms with E-state index in [1.54, 1.807) is 0 Å². The second-order valence-corrected chi connectivity index (χ2v) is 5.65. The Bertz CT molecular complexity index is 981. The SMILES string of the molecule is Clc1ccc(C=Nc2ccc3[nH]c4ccccc4c3c2)cc1. The third-order valence-corrected chi connectivity index (χ3v) is 3.97. The van der Waals surface area contributed by atoms with Crippen LogP contribution in [0, 0.1) is 0 Å². The number of hydrogen-bond acceptors (Lipinski definition) is 1. The van der Waals surface area contributed by atoms with Crippen molar-refractivity contribution in [2.75, 3.05) is 0 Å². The number of nitrogens with one attached hydrogen (secondary N) is 1. The summed E-state index contributed by atoms with van der Waals surface area (Å²) in [4.78, 5) is 7.98. The van der Waals surface area contributed by atoms with Crippen LogP contribution in [-0.2, 0) is 0 Å². The van der Waals surface area contributed by atoms with E-state index in [1.165, 1.54) is 10.8 Å². The number of fused-ring (bicyclic) bond motifs is 3. The summed E-state index contributed by atoms with van der Waals surface area (Å²) in [5.41, 5.74) is 4.25. The maximum Gasteiger partial charge on any atom is 0.0637 e. The second kappa shape index (κ2) is 5.32. The maximum atomic E-state index is 5.89. The van der Waals surface area contributed by atoms with Crippen LogP contribution >= 0.6 is 11.6 Å². The smallest absolute Gasteiger partial charge is 0.0637 e. The Hall–Kier alpha value is -2.58. The van der Waals surface area contributed by atoms with Crippen LogP contribution in [0.5, 0.6) is 0 Å². The molecular formula is C19H13ClN2. The van der Waals surface area contributed by atoms with Crippen molar-refractivity contribution in [3.63, 3.8) is 0 Å². The molecule has 2 nitrogen and oxygen atoms in total. The molecule has 1 heterocycles. The van der Waals surface area contributed by atoms with Crippen molar-refractivity contribution in [2.24, 2.45) is 4.99 Å². The summed E-state index contributed by atoms with van der Waals surface area (Å²) in [6, 6.07) is 22.2. The van der Waals surface area contributed by atoms with Crippen molar-refractivity contribution >= 4 is 45.3 Å². The summed E-state index contributed by atoms with van der Waals surface area (Å²) in [6.07, 6.45) is 1.85. The molecule has 0 aliphatic carbocycles. The number of aromatic nitrogens is 1. The highest BCUT2D eigenvalue weighted by atomic mass is 35.5. The number of aromatic amines is 1. The third kappa shape index (κ3) is 2.38. The Kier molecular flexibility index (Phi) is 3.17. The van der Waals surface area contributed by atoms with Crippen molar-refractivity contribution in [1.82, 2.24) is 4.98 Å². The Balaban J connectivity index is 1.75. The third-order valence-electron chi connectivity index (χ3n) is 3.72. The standard InChI is InChI=1S/C19H13ClN2/c20-14-7-5-13(6-8-14)12-21-15-9-10-19-17(11-15)16-3-1-2-4-18(16)22-19/h1-12,22H. The zero-order valence-corrected chi connectivity index (χ0v) is 12.5. The molecule has 0 aliphatic rings. The van der Waals surface area contributed by atoms with Crippen molar-refractivity contribution in [3.8, 4) is 0 Å². The summed E-state index contributed by atoms with van der Waals surface area (Å²) in [5, 5.41) is 3.15. The van der Waals surface area contributed by atoms with Gasteiger partial charge in [0.2, 0.25) is 0 Å². The summed E-state index contributed by atoms with van der Waals surface area (Å²) in [7, 11) is 0. The molecule has 0 fully saturated rings. The Morgan fingerprint density at radius 3 is 2.45 bits per heavy atom. The van der Waals surface area contributed by atoms with E-state index in [-0.39, 0.29) is 0 Å². The molecule has 1 N–H and O–H groups in total. The summed E-state index contributed by atoms with van der Waals surface area (Å²) in [6.45, 7) is 0. The molecule has 4 rings (SSSR count). The molecule has 0 aliphatic heterocycles. The number of para-hydroxylation sites is 1. The summed E-state index contributed by atoms with van der Waals surface area (Å²) >= 11 is 5.89. The zero-order valence-electron chi connectivity index (χ0n) is 11.8. The van der Waals surface area contributed by atoms with Gasteiger partial charge in [0.15, 0.2) is 0 Å². The highest BCUT2D eigenvalue weighted by Crippen LogP contribution is 2.28. The fourth-order valence-corrected chi connectivity index (χ4v) is 2.74. The lowest BCUT2D eigenvalue weighted by Gasteiger charge is -1.96. The van der Waals surface area contributed by atoms with Gasteiger partial charge in [0.05, 0.1) is 5.69 Å². The highest BCUT2D eigenvalue weighted by molar-refractivity contribution is 6.30. The largest absolute Gasteiger partial charge is 0.355 e. The molecule has 0 saturated heterocycles. The van der Waals surface area contributed by atoms with E-state index in [1.807, 2.05) is 42.6 Å². The number of rotatable bonds is 2. The van der Waals surface area contributed by atoms with E-state index in [4.69, 9.17) is 11.6 Å². The maximum absolute atomic E-state index is 5.89. The van der Waals surface area contributed by atoms with Crippen LogP contribution in [0.25, 0.3) is 21.8 Å². The van der Waals surface area contributed by atoms with Gasteiger partial charge < -0.3 is 4.98 Å². The van der Waals surface area contributed by atoms with E-state index in [9.17, 15) is 0 Å². The fourth-order valence-electron chi connectivity index (χ4n) is 2.61. The quantitative estimate of drug-likeness (QED) is 0.458. The first-order valence-electron chi connectivity index (χ1n) is 7.10. The number of aliphatic imine (C=N–C) groups is 1. The van der Waals surface area contributed by atoms with Crippen molar-refractivity contribution < 1.29 is 0 Å². The molecule has 0 unspecified atom stereocenters. The summed E-state index contributed by atoms with van der Waals surface area (Å²) < 4.78 is 0. The Morgan fingerprint density at radius 1 is 0.818 bits per heavy atom. The summed E-state index contributed by atoms with van der Waals surface area (Å²) in [5.74, 6) is 0. The fraction of sp³-hybridized carbons (Fsp3) is 0. The van der Waals surface area contributed by atoms with Crippen LogP contribution in [0.2, 0.25) is 5.02 Å². The topological polar surface area (TPSA) is 28.1 Å². The van der Waals surface area contributed by atoms with Gasteiger partial charge in [0.25, 0.3) is 0 Å². The predicted molar refractivity (Wildman–Crippen MR) is 94.5 cm³/mol. The second-order valence-electron chi connectivity index (χ2n) is 5.21. The zero-order chi connectivity index (χ0) is 14.9. The van der Waals surface area contributed by atoms with Crippen LogP contribution in [0.4, 0.5) is 5.69 Å². The van der Waals surface area contributed by atoms with Gasteiger partial charge in [0.1, 0.15) is 0 Å². The number of halogens is 1. The van der Waals surface area contributed by atoms with Gasteiger partial charge >= 0.3 is 0 Å². The number of nitrogens with zero attached hydrogens (tertiary/aromatic N) is 1. The normalized spacial score (nSPS) is 11.7. The monoisotopic (exact) mass is 304 g/mol. The lowest BCUT2D eigenvalue weighted by molar-refractivity contribution is 1.52. The molecular weight excluding hydrogens is 292 g/mol. The van der Waals surface area contributed by atoms with E-state index < -0.39 is 0 Å². The molecule has 0 radical (unpaired) electrons. The minimum Gasteiger partial charge on any atom is -0.355 e. The van der Waals surface area contributed by atoms with Crippen molar-refractivity contribution in [2.45, 2.75) is 0 Å². The molecule has 0 atom stereocenters. The van der Waals surface area contributed by atoms with E-state index in [0.29, 0.717) is 0 Å². The van der Waals surface area contributed by atoms with Crippen LogP contribution in [0.1, 0.15) is 5.56 Å². The van der Waals surface area contributed by atoms with Gasteiger partial charge in [-0.25, -0.2) is 0 Å².